The molecule has 0 atom stereocenters. The van der Waals surface area contributed by atoms with Crippen molar-refractivity contribution in [3.8, 4) is 0 Å². The van der Waals surface area contributed by atoms with Crippen LogP contribution in [0.2, 0.25) is 0 Å². The Morgan fingerprint density at radius 3 is 2.33 bits per heavy atom. The van der Waals surface area contributed by atoms with E-state index in [1.165, 1.54) is 0 Å². The zero-order valence-corrected chi connectivity index (χ0v) is 8.03. The summed E-state index contributed by atoms with van der Waals surface area (Å²) < 4.78 is 4.67. The molecule has 1 aromatic rings. The molecule has 80 valence electrons. The summed E-state index contributed by atoms with van der Waals surface area (Å²) in [7, 11) is 0. The van der Waals surface area contributed by atoms with Crippen molar-refractivity contribution in [1.29, 1.82) is 0 Å². The Kier molecular flexibility index (Phi) is 7.13. The maximum absolute atomic E-state index is 11.4. The standard InChI is InChI=1S/C11H12O3.In.3H/c1-2-14-11(13)8-10(12)9-6-4-3-5-7-9;;;;/h3-7H,2,8H2,1H3;;;;. The van der Waals surface area contributed by atoms with Crippen molar-refractivity contribution in [2.75, 3.05) is 6.61 Å². The van der Waals surface area contributed by atoms with Gasteiger partial charge in [0.2, 0.25) is 0 Å². The third kappa shape index (κ3) is 5.02. The third-order valence-corrected chi connectivity index (χ3v) is 1.71. The molecule has 1 rings (SSSR count). The number of hydrogen-bond acceptors (Lipinski definition) is 3. The van der Waals surface area contributed by atoms with Crippen molar-refractivity contribution in [3.63, 3.8) is 0 Å². The molecule has 0 aliphatic rings. The van der Waals surface area contributed by atoms with Gasteiger partial charge in [-0.3, -0.25) is 9.59 Å². The summed E-state index contributed by atoms with van der Waals surface area (Å²) in [5.41, 5.74) is 0.542. The monoisotopic (exact) mass is 310 g/mol. The number of benzene rings is 1. The van der Waals surface area contributed by atoms with E-state index >= 15 is 0 Å². The molecular formula is C11H15InO3. The second-order valence-corrected chi connectivity index (χ2v) is 2.77. The first-order chi connectivity index (χ1) is 6.74. The summed E-state index contributed by atoms with van der Waals surface area (Å²) in [6.45, 7) is 2.02. The molecule has 0 radical (unpaired) electrons. The normalized spacial score (nSPS) is 8.87. The van der Waals surface area contributed by atoms with E-state index in [0.29, 0.717) is 12.2 Å². The summed E-state index contributed by atoms with van der Waals surface area (Å²) >= 11 is 0. The van der Waals surface area contributed by atoms with Gasteiger partial charge in [-0.1, -0.05) is 30.3 Å². The van der Waals surface area contributed by atoms with Crippen LogP contribution in [-0.4, -0.2) is 44.2 Å². The van der Waals surface area contributed by atoms with E-state index in [4.69, 9.17) is 0 Å². The van der Waals surface area contributed by atoms with Crippen LogP contribution in [0.5, 0.6) is 0 Å². The summed E-state index contributed by atoms with van der Waals surface area (Å²) in [6.07, 6.45) is -0.183. The first kappa shape index (κ1) is 14.2. The van der Waals surface area contributed by atoms with E-state index in [2.05, 4.69) is 4.74 Å². The molecule has 1 aromatic carbocycles. The zero-order valence-electron chi connectivity index (χ0n) is 8.03. The molecule has 0 fully saturated rings. The molecular weight excluding hydrogens is 295 g/mol. The minimum atomic E-state index is -0.471. The topological polar surface area (TPSA) is 43.4 Å². The molecule has 3 nitrogen and oxygen atoms in total. The van der Waals surface area contributed by atoms with Crippen LogP contribution in [-0.2, 0) is 9.53 Å². The number of carbonyl (C=O) groups is 2. The SMILES string of the molecule is CCOC(=O)CC(=O)c1ccccc1.[InH3]. The molecule has 0 aromatic heterocycles. The van der Waals surface area contributed by atoms with E-state index in [0.717, 1.165) is 0 Å². The van der Waals surface area contributed by atoms with Gasteiger partial charge in [-0.2, -0.15) is 0 Å². The first-order valence-electron chi connectivity index (χ1n) is 4.48. The fourth-order valence-corrected chi connectivity index (χ4v) is 1.07. The van der Waals surface area contributed by atoms with Gasteiger partial charge in [-0.05, 0) is 6.92 Å². The minimum absolute atomic E-state index is 0. The Hall–Kier alpha value is -0.770. The number of Topliss-reactive ketones (excluding diaryl/α,β-unsaturated/α-hetero) is 1. The van der Waals surface area contributed by atoms with E-state index in [9.17, 15) is 9.59 Å². The van der Waals surface area contributed by atoms with Crippen LogP contribution in [0.25, 0.3) is 0 Å². The van der Waals surface area contributed by atoms with Crippen LogP contribution in [0.4, 0.5) is 0 Å². The number of hydrogen-bond donors (Lipinski definition) is 0. The number of carbonyl (C=O) groups excluding carboxylic acids is 2. The molecule has 0 saturated carbocycles. The molecule has 0 aliphatic heterocycles. The molecule has 0 N–H and O–H groups in total. The number of ketones is 1. The van der Waals surface area contributed by atoms with Gasteiger partial charge < -0.3 is 4.74 Å². The Bertz CT molecular complexity index is 322. The van der Waals surface area contributed by atoms with Crippen LogP contribution in [0, 0.1) is 0 Å². The average Bonchev–Trinajstić information content (AvgIpc) is 2.19. The molecule has 0 unspecified atom stereocenters. The maximum atomic E-state index is 11.4. The molecule has 0 saturated heterocycles. The molecule has 0 spiro atoms. The summed E-state index contributed by atoms with van der Waals surface area (Å²) in [5.74, 6) is -0.676. The van der Waals surface area contributed by atoms with Crippen molar-refractivity contribution < 1.29 is 14.3 Å². The summed E-state index contributed by atoms with van der Waals surface area (Å²) in [6, 6.07) is 8.71. The van der Waals surface area contributed by atoms with Gasteiger partial charge in [0.15, 0.2) is 5.78 Å². The van der Waals surface area contributed by atoms with Gasteiger partial charge in [0.05, 0.1) is 6.61 Å². The van der Waals surface area contributed by atoms with Gasteiger partial charge in [-0.25, -0.2) is 0 Å². The van der Waals surface area contributed by atoms with Crippen molar-refractivity contribution in [2.24, 2.45) is 0 Å². The summed E-state index contributed by atoms with van der Waals surface area (Å²) in [5, 5.41) is 0. The molecule has 0 amide bonds. The van der Waals surface area contributed by atoms with Gasteiger partial charge in [-0.15, -0.1) is 0 Å². The Balaban J connectivity index is 0.00000196. The van der Waals surface area contributed by atoms with Crippen LogP contribution in [0.3, 0.4) is 0 Å². The predicted octanol–water partition coefficient (Wildman–Crippen LogP) is 0.639. The van der Waals surface area contributed by atoms with Gasteiger partial charge in [0.1, 0.15) is 6.42 Å². The van der Waals surface area contributed by atoms with Gasteiger partial charge >= 0.3 is 31.8 Å². The van der Waals surface area contributed by atoms with Crippen molar-refractivity contribution in [2.45, 2.75) is 13.3 Å². The average molecular weight is 310 g/mol. The Labute approximate surface area is 108 Å². The zero-order chi connectivity index (χ0) is 10.4. The molecule has 0 bridgehead atoms. The Morgan fingerprint density at radius 1 is 1.20 bits per heavy atom. The fourth-order valence-electron chi connectivity index (χ4n) is 1.07. The van der Waals surface area contributed by atoms with Gasteiger partial charge in [0.25, 0.3) is 0 Å². The molecule has 15 heavy (non-hydrogen) atoms. The van der Waals surface area contributed by atoms with Crippen LogP contribution in [0.15, 0.2) is 30.3 Å². The van der Waals surface area contributed by atoms with E-state index in [1.807, 2.05) is 6.07 Å². The van der Waals surface area contributed by atoms with Crippen LogP contribution in [0.1, 0.15) is 23.7 Å². The van der Waals surface area contributed by atoms with E-state index < -0.39 is 5.97 Å². The quantitative estimate of drug-likeness (QED) is 0.466. The Morgan fingerprint density at radius 2 is 1.80 bits per heavy atom. The second-order valence-electron chi connectivity index (χ2n) is 2.77. The number of esters is 1. The number of ether oxygens (including phenoxy) is 1. The van der Waals surface area contributed by atoms with Crippen LogP contribution < -0.4 is 0 Å². The molecule has 0 aliphatic carbocycles. The predicted molar refractivity (Wildman–Crippen MR) is 62.0 cm³/mol. The fraction of sp³-hybridized carbons (Fsp3) is 0.273. The third-order valence-electron chi connectivity index (χ3n) is 1.71. The van der Waals surface area contributed by atoms with Gasteiger partial charge in [0, 0.05) is 5.56 Å². The summed E-state index contributed by atoms with van der Waals surface area (Å²) in [4.78, 5) is 22.4. The molecule has 0 heterocycles. The number of rotatable bonds is 4. The van der Waals surface area contributed by atoms with Crippen molar-refractivity contribution in [3.05, 3.63) is 35.9 Å². The van der Waals surface area contributed by atoms with E-state index in [-0.39, 0.29) is 38.0 Å². The second kappa shape index (κ2) is 7.51. The van der Waals surface area contributed by atoms with E-state index in [1.54, 1.807) is 31.2 Å². The molecule has 4 heteroatoms. The van der Waals surface area contributed by atoms with Crippen molar-refractivity contribution >= 4 is 37.6 Å². The first-order valence-corrected chi connectivity index (χ1v) is 4.48. The van der Waals surface area contributed by atoms with Crippen LogP contribution >= 0.6 is 0 Å². The van der Waals surface area contributed by atoms with Crippen molar-refractivity contribution in [1.82, 2.24) is 0 Å².